The highest BCUT2D eigenvalue weighted by atomic mass is 16.5. The molecular weight excluding hydrogens is 378 g/mol. The van der Waals surface area contributed by atoms with E-state index in [9.17, 15) is 5.11 Å². The Kier molecular flexibility index (Phi) is 7.60. The van der Waals surface area contributed by atoms with Gasteiger partial charge in [0.1, 0.15) is 11.9 Å². The molecule has 0 spiro atoms. The number of phenolic OH excluding ortho intramolecular Hbond substituents is 1. The van der Waals surface area contributed by atoms with Crippen LogP contribution in [-0.4, -0.2) is 26.8 Å². The van der Waals surface area contributed by atoms with E-state index in [4.69, 9.17) is 9.26 Å². The highest BCUT2D eigenvalue weighted by Crippen LogP contribution is 2.27. The molecular formula is C24H31N3O3. The molecule has 6 heteroatoms. The molecule has 2 atom stereocenters. The van der Waals surface area contributed by atoms with Crippen molar-refractivity contribution in [1.82, 2.24) is 15.0 Å². The van der Waals surface area contributed by atoms with Crippen molar-refractivity contribution in [3.8, 4) is 5.75 Å². The highest BCUT2D eigenvalue weighted by Gasteiger charge is 2.22. The van der Waals surface area contributed by atoms with Gasteiger partial charge in [-0.15, -0.1) is 0 Å². The zero-order valence-corrected chi connectivity index (χ0v) is 18.2. The Labute approximate surface area is 178 Å². The lowest BCUT2D eigenvalue weighted by Gasteiger charge is -2.28. The largest absolute Gasteiger partial charge is 0.508 e. The van der Waals surface area contributed by atoms with Gasteiger partial charge >= 0.3 is 0 Å². The third-order valence-corrected chi connectivity index (χ3v) is 5.06. The standard InChI is InChI=1S/C24H31N3O3/c1-17(2)16-29-19(4)24-25-23(30-26-24)15-27(14-21-12-8-9-13-22(21)28)18(3)20-10-6-5-7-11-20/h5-13,17-19,28H,14-16H2,1-4H3/t18-,19-/m0/s1. The van der Waals surface area contributed by atoms with Crippen molar-refractivity contribution in [1.29, 1.82) is 0 Å². The lowest BCUT2D eigenvalue weighted by atomic mass is 10.1. The van der Waals surface area contributed by atoms with Crippen molar-refractivity contribution in [2.45, 2.75) is 52.9 Å². The van der Waals surface area contributed by atoms with Crippen molar-refractivity contribution < 1.29 is 14.4 Å². The Balaban J connectivity index is 1.78. The third kappa shape index (κ3) is 5.90. The molecule has 0 aliphatic rings. The van der Waals surface area contributed by atoms with Crippen LogP contribution in [0.15, 0.2) is 59.1 Å². The Morgan fingerprint density at radius 2 is 1.67 bits per heavy atom. The zero-order chi connectivity index (χ0) is 21.5. The van der Waals surface area contributed by atoms with Crippen LogP contribution in [0.2, 0.25) is 0 Å². The smallest absolute Gasteiger partial charge is 0.240 e. The second-order valence-electron chi connectivity index (χ2n) is 8.04. The average molecular weight is 410 g/mol. The molecule has 0 saturated heterocycles. The maximum Gasteiger partial charge on any atom is 0.240 e. The minimum Gasteiger partial charge on any atom is -0.508 e. The summed E-state index contributed by atoms with van der Waals surface area (Å²) in [7, 11) is 0. The highest BCUT2D eigenvalue weighted by molar-refractivity contribution is 5.32. The summed E-state index contributed by atoms with van der Waals surface area (Å²) in [5, 5.41) is 14.4. The van der Waals surface area contributed by atoms with E-state index in [1.807, 2.05) is 43.3 Å². The molecule has 0 unspecified atom stereocenters. The van der Waals surface area contributed by atoms with E-state index >= 15 is 0 Å². The number of phenols is 1. The molecule has 0 amide bonds. The number of aromatic nitrogens is 2. The summed E-state index contributed by atoms with van der Waals surface area (Å²) in [6.45, 7) is 9.96. The first-order valence-corrected chi connectivity index (χ1v) is 10.4. The first kappa shape index (κ1) is 22.0. The molecule has 1 N–H and O–H groups in total. The van der Waals surface area contributed by atoms with Gasteiger partial charge in [0.15, 0.2) is 5.82 Å². The third-order valence-electron chi connectivity index (χ3n) is 5.06. The number of para-hydroxylation sites is 1. The van der Waals surface area contributed by atoms with Crippen molar-refractivity contribution in [3.63, 3.8) is 0 Å². The van der Waals surface area contributed by atoms with Gasteiger partial charge in [-0.05, 0) is 31.4 Å². The summed E-state index contributed by atoms with van der Waals surface area (Å²) in [6.07, 6.45) is -0.219. The molecule has 0 bridgehead atoms. The monoisotopic (exact) mass is 409 g/mol. The van der Waals surface area contributed by atoms with E-state index in [0.717, 1.165) is 5.56 Å². The van der Waals surface area contributed by atoms with Crippen LogP contribution in [-0.2, 0) is 17.8 Å². The Morgan fingerprint density at radius 3 is 2.37 bits per heavy atom. The molecule has 0 aliphatic heterocycles. The van der Waals surface area contributed by atoms with Crippen molar-refractivity contribution in [2.75, 3.05) is 6.61 Å². The molecule has 1 aromatic heterocycles. The first-order chi connectivity index (χ1) is 14.4. The molecule has 0 fully saturated rings. The van der Waals surface area contributed by atoms with E-state index < -0.39 is 0 Å². The van der Waals surface area contributed by atoms with E-state index in [1.54, 1.807) is 6.07 Å². The number of benzene rings is 2. The van der Waals surface area contributed by atoms with Crippen molar-refractivity contribution >= 4 is 0 Å². The lowest BCUT2D eigenvalue weighted by Crippen LogP contribution is -2.26. The lowest BCUT2D eigenvalue weighted by molar-refractivity contribution is 0.0402. The van der Waals surface area contributed by atoms with Crippen molar-refractivity contribution in [3.05, 3.63) is 77.4 Å². The number of hydrogen-bond acceptors (Lipinski definition) is 6. The molecule has 0 saturated carbocycles. The molecule has 0 radical (unpaired) electrons. The van der Waals surface area contributed by atoms with Gasteiger partial charge in [0, 0.05) is 24.8 Å². The Bertz CT molecular complexity index is 911. The Morgan fingerprint density at radius 1 is 0.967 bits per heavy atom. The fourth-order valence-electron chi connectivity index (χ4n) is 3.22. The average Bonchev–Trinajstić information content (AvgIpc) is 3.22. The SMILES string of the molecule is CC(C)CO[C@@H](C)c1noc(CN(Cc2ccccc2O)[C@@H](C)c2ccccc2)n1. The molecule has 160 valence electrons. The Hall–Kier alpha value is -2.70. The number of rotatable bonds is 10. The minimum atomic E-state index is -0.219. The van der Waals surface area contributed by atoms with Gasteiger partial charge in [0.25, 0.3) is 0 Å². The number of hydrogen-bond donors (Lipinski definition) is 1. The van der Waals surface area contributed by atoms with Gasteiger partial charge in [-0.2, -0.15) is 4.98 Å². The van der Waals surface area contributed by atoms with Crippen LogP contribution in [0.3, 0.4) is 0 Å². The van der Waals surface area contributed by atoms with Crippen LogP contribution < -0.4 is 0 Å². The van der Waals surface area contributed by atoms with E-state index in [0.29, 0.717) is 37.3 Å². The predicted molar refractivity (Wildman–Crippen MR) is 116 cm³/mol. The quantitative estimate of drug-likeness (QED) is 0.492. The normalized spacial score (nSPS) is 13.7. The topological polar surface area (TPSA) is 71.6 Å². The number of ether oxygens (including phenoxy) is 1. The number of aromatic hydroxyl groups is 1. The second-order valence-corrected chi connectivity index (χ2v) is 8.04. The fourth-order valence-corrected chi connectivity index (χ4v) is 3.22. The summed E-state index contributed by atoms with van der Waals surface area (Å²) in [5.41, 5.74) is 2.04. The van der Waals surface area contributed by atoms with Gasteiger partial charge in [0.05, 0.1) is 6.54 Å². The van der Waals surface area contributed by atoms with E-state index in [-0.39, 0.29) is 17.9 Å². The van der Waals surface area contributed by atoms with Crippen LogP contribution in [0.1, 0.15) is 62.7 Å². The predicted octanol–water partition coefficient (Wildman–Crippen LogP) is 5.27. The molecule has 0 aliphatic carbocycles. The van der Waals surface area contributed by atoms with E-state index in [1.165, 1.54) is 5.56 Å². The molecule has 2 aromatic carbocycles. The molecule has 30 heavy (non-hydrogen) atoms. The summed E-state index contributed by atoms with van der Waals surface area (Å²) in [6, 6.07) is 17.8. The van der Waals surface area contributed by atoms with Gasteiger partial charge < -0.3 is 14.4 Å². The number of nitrogens with zero attached hydrogens (tertiary/aromatic N) is 3. The summed E-state index contributed by atoms with van der Waals surface area (Å²) >= 11 is 0. The summed E-state index contributed by atoms with van der Waals surface area (Å²) < 4.78 is 11.3. The second kappa shape index (κ2) is 10.4. The zero-order valence-electron chi connectivity index (χ0n) is 18.2. The van der Waals surface area contributed by atoms with Gasteiger partial charge in [0.2, 0.25) is 5.89 Å². The molecule has 3 rings (SSSR count). The van der Waals surface area contributed by atoms with Gasteiger partial charge in [-0.3, -0.25) is 4.90 Å². The van der Waals surface area contributed by atoms with Gasteiger partial charge in [-0.25, -0.2) is 0 Å². The van der Waals surface area contributed by atoms with Gasteiger partial charge in [-0.1, -0.05) is 67.5 Å². The van der Waals surface area contributed by atoms with Crippen LogP contribution in [0.25, 0.3) is 0 Å². The maximum absolute atomic E-state index is 10.3. The van der Waals surface area contributed by atoms with Crippen LogP contribution >= 0.6 is 0 Å². The molecule has 1 heterocycles. The molecule has 6 nitrogen and oxygen atoms in total. The van der Waals surface area contributed by atoms with Crippen LogP contribution in [0.5, 0.6) is 5.75 Å². The molecule has 3 aromatic rings. The minimum absolute atomic E-state index is 0.0933. The summed E-state index contributed by atoms with van der Waals surface area (Å²) in [4.78, 5) is 6.77. The fraction of sp³-hybridized carbons (Fsp3) is 0.417. The van der Waals surface area contributed by atoms with Crippen LogP contribution in [0.4, 0.5) is 0 Å². The maximum atomic E-state index is 10.3. The van der Waals surface area contributed by atoms with Crippen LogP contribution in [0, 0.1) is 5.92 Å². The van der Waals surface area contributed by atoms with E-state index in [2.05, 4.69) is 47.9 Å². The first-order valence-electron chi connectivity index (χ1n) is 10.4. The summed E-state index contributed by atoms with van der Waals surface area (Å²) in [5.74, 6) is 1.81. The van der Waals surface area contributed by atoms with Crippen molar-refractivity contribution in [2.24, 2.45) is 5.92 Å².